The molecule has 1 heterocycles. The number of ketones is 2. The van der Waals surface area contributed by atoms with Gasteiger partial charge >= 0.3 is 5.97 Å². The lowest BCUT2D eigenvalue weighted by atomic mass is 10.1. The summed E-state index contributed by atoms with van der Waals surface area (Å²) in [6.07, 6.45) is 0. The molecule has 0 saturated carbocycles. The van der Waals surface area contributed by atoms with Crippen LogP contribution in [0.1, 0.15) is 49.4 Å². The van der Waals surface area contributed by atoms with E-state index in [9.17, 15) is 14.4 Å². The van der Waals surface area contributed by atoms with Gasteiger partial charge < -0.3 is 9.72 Å². The quantitative estimate of drug-likeness (QED) is 0.557. The molecule has 0 aliphatic rings. The van der Waals surface area contributed by atoms with Crippen LogP contribution in [0, 0.1) is 13.8 Å². The average molecular weight is 349 g/mol. The SMILES string of the molecule is CC(=O)c1c(C)[nH]c(C(=O)COC(=O)c2ccc3ccccc3c2)c1C. The van der Waals surface area contributed by atoms with E-state index < -0.39 is 5.97 Å². The van der Waals surface area contributed by atoms with Crippen molar-refractivity contribution < 1.29 is 19.1 Å². The molecule has 2 aromatic carbocycles. The molecule has 5 heteroatoms. The lowest BCUT2D eigenvalue weighted by Gasteiger charge is -2.06. The molecule has 0 aliphatic heterocycles. The van der Waals surface area contributed by atoms with Crippen LogP contribution < -0.4 is 0 Å². The predicted octanol–water partition coefficient (Wildman–Crippen LogP) is 4.03. The molecule has 3 aromatic rings. The van der Waals surface area contributed by atoms with Gasteiger partial charge in [-0.15, -0.1) is 0 Å². The van der Waals surface area contributed by atoms with Crippen molar-refractivity contribution in [2.75, 3.05) is 6.61 Å². The second kappa shape index (κ2) is 6.96. The first-order chi connectivity index (χ1) is 12.4. The van der Waals surface area contributed by atoms with Crippen LogP contribution in [0.3, 0.4) is 0 Å². The first-order valence-corrected chi connectivity index (χ1v) is 8.27. The number of nitrogens with one attached hydrogen (secondary N) is 1. The minimum Gasteiger partial charge on any atom is -0.454 e. The lowest BCUT2D eigenvalue weighted by Crippen LogP contribution is -2.15. The number of carbonyl (C=O) groups excluding carboxylic acids is 3. The predicted molar refractivity (Wildman–Crippen MR) is 98.8 cm³/mol. The molecule has 0 fully saturated rings. The minimum atomic E-state index is -0.558. The maximum absolute atomic E-state index is 12.4. The molecule has 0 spiro atoms. The molecular formula is C21H19NO4. The van der Waals surface area contributed by atoms with Crippen molar-refractivity contribution in [3.8, 4) is 0 Å². The summed E-state index contributed by atoms with van der Waals surface area (Å²) in [5, 5.41) is 1.95. The number of ether oxygens (including phenoxy) is 1. The zero-order valence-corrected chi connectivity index (χ0v) is 14.9. The number of aromatic nitrogens is 1. The number of rotatable bonds is 5. The standard InChI is InChI=1S/C21H19NO4/c1-12-19(14(3)23)13(2)22-20(12)18(24)11-26-21(25)17-9-8-15-6-4-5-7-16(15)10-17/h4-10,22H,11H2,1-3H3. The molecule has 132 valence electrons. The molecule has 0 unspecified atom stereocenters. The molecule has 1 aromatic heterocycles. The Hall–Kier alpha value is -3.21. The Labute approximate surface area is 151 Å². The van der Waals surface area contributed by atoms with Gasteiger partial charge in [0, 0.05) is 11.3 Å². The Morgan fingerprint density at radius 1 is 1.00 bits per heavy atom. The number of Topliss-reactive ketones (excluding diaryl/α,β-unsaturated/α-hetero) is 2. The van der Waals surface area contributed by atoms with Crippen molar-refractivity contribution in [2.24, 2.45) is 0 Å². The Morgan fingerprint density at radius 2 is 1.69 bits per heavy atom. The molecule has 0 saturated heterocycles. The number of benzene rings is 2. The van der Waals surface area contributed by atoms with Gasteiger partial charge in [-0.2, -0.15) is 0 Å². The Kier molecular flexibility index (Phi) is 4.71. The first kappa shape index (κ1) is 17.6. The number of esters is 1. The molecule has 0 atom stereocenters. The summed E-state index contributed by atoms with van der Waals surface area (Å²) in [6, 6.07) is 12.9. The van der Waals surface area contributed by atoms with E-state index in [1.54, 1.807) is 26.0 Å². The van der Waals surface area contributed by atoms with Gasteiger partial charge in [-0.25, -0.2) is 4.79 Å². The highest BCUT2D eigenvalue weighted by Crippen LogP contribution is 2.20. The number of carbonyl (C=O) groups is 3. The van der Waals surface area contributed by atoms with Crippen molar-refractivity contribution in [3.05, 3.63) is 70.5 Å². The third kappa shape index (κ3) is 3.28. The normalized spacial score (nSPS) is 10.7. The number of hydrogen-bond acceptors (Lipinski definition) is 4. The molecule has 3 rings (SSSR count). The highest BCUT2D eigenvalue weighted by atomic mass is 16.5. The van der Waals surface area contributed by atoms with E-state index in [1.165, 1.54) is 6.92 Å². The smallest absolute Gasteiger partial charge is 0.338 e. The fourth-order valence-corrected chi connectivity index (χ4v) is 3.16. The van der Waals surface area contributed by atoms with Crippen LogP contribution in [-0.4, -0.2) is 29.1 Å². The third-order valence-electron chi connectivity index (χ3n) is 4.39. The van der Waals surface area contributed by atoms with Crippen molar-refractivity contribution >= 4 is 28.3 Å². The Balaban J connectivity index is 1.73. The molecule has 1 N–H and O–H groups in total. The summed E-state index contributed by atoms with van der Waals surface area (Å²) in [5.74, 6) is -1.03. The van der Waals surface area contributed by atoms with Crippen molar-refractivity contribution in [1.82, 2.24) is 4.98 Å². The lowest BCUT2D eigenvalue weighted by molar-refractivity contribution is 0.0473. The van der Waals surface area contributed by atoms with Crippen LogP contribution in [-0.2, 0) is 4.74 Å². The fourth-order valence-electron chi connectivity index (χ4n) is 3.16. The summed E-state index contributed by atoms with van der Waals surface area (Å²) in [7, 11) is 0. The van der Waals surface area contributed by atoms with Gasteiger partial charge in [-0.1, -0.05) is 30.3 Å². The largest absolute Gasteiger partial charge is 0.454 e. The average Bonchev–Trinajstić information content (AvgIpc) is 2.93. The van der Waals surface area contributed by atoms with Crippen LogP contribution in [0.25, 0.3) is 10.8 Å². The molecule has 26 heavy (non-hydrogen) atoms. The number of aryl methyl sites for hydroxylation is 1. The zero-order valence-electron chi connectivity index (χ0n) is 14.9. The van der Waals surface area contributed by atoms with E-state index in [1.807, 2.05) is 30.3 Å². The first-order valence-electron chi connectivity index (χ1n) is 8.27. The molecule has 5 nitrogen and oxygen atoms in total. The van der Waals surface area contributed by atoms with E-state index in [2.05, 4.69) is 4.98 Å². The van der Waals surface area contributed by atoms with Crippen LogP contribution in [0.4, 0.5) is 0 Å². The summed E-state index contributed by atoms with van der Waals surface area (Å²) < 4.78 is 5.16. The summed E-state index contributed by atoms with van der Waals surface area (Å²) in [5.41, 5.74) is 2.43. The summed E-state index contributed by atoms with van der Waals surface area (Å²) in [6.45, 7) is 4.52. The van der Waals surface area contributed by atoms with E-state index in [4.69, 9.17) is 4.74 Å². The number of fused-ring (bicyclic) bond motifs is 1. The highest BCUT2D eigenvalue weighted by Gasteiger charge is 2.21. The number of aromatic amines is 1. The number of H-pyrrole nitrogens is 1. The van der Waals surface area contributed by atoms with E-state index in [-0.39, 0.29) is 18.2 Å². The maximum atomic E-state index is 12.4. The molecule has 0 aliphatic carbocycles. The minimum absolute atomic E-state index is 0.108. The molecule has 0 radical (unpaired) electrons. The van der Waals surface area contributed by atoms with Gasteiger partial charge in [0.05, 0.1) is 11.3 Å². The van der Waals surface area contributed by atoms with Gasteiger partial charge in [-0.3, -0.25) is 9.59 Å². The van der Waals surface area contributed by atoms with Crippen LogP contribution in [0.15, 0.2) is 42.5 Å². The van der Waals surface area contributed by atoms with Crippen molar-refractivity contribution in [3.63, 3.8) is 0 Å². The third-order valence-corrected chi connectivity index (χ3v) is 4.39. The second-order valence-corrected chi connectivity index (χ2v) is 6.24. The molecular weight excluding hydrogens is 330 g/mol. The summed E-state index contributed by atoms with van der Waals surface area (Å²) in [4.78, 5) is 39.2. The van der Waals surface area contributed by atoms with Gasteiger partial charge in [-0.05, 0) is 49.2 Å². The topological polar surface area (TPSA) is 76.2 Å². The van der Waals surface area contributed by atoms with Crippen molar-refractivity contribution in [1.29, 1.82) is 0 Å². The maximum Gasteiger partial charge on any atom is 0.338 e. The van der Waals surface area contributed by atoms with Gasteiger partial charge in [0.25, 0.3) is 0 Å². The molecule has 0 amide bonds. The molecule has 0 bridgehead atoms. The van der Waals surface area contributed by atoms with Gasteiger partial charge in [0.15, 0.2) is 12.4 Å². The van der Waals surface area contributed by atoms with Crippen LogP contribution >= 0.6 is 0 Å². The Morgan fingerprint density at radius 3 is 2.35 bits per heavy atom. The van der Waals surface area contributed by atoms with E-state index in [0.29, 0.717) is 28.1 Å². The van der Waals surface area contributed by atoms with Gasteiger partial charge in [0.1, 0.15) is 0 Å². The highest BCUT2D eigenvalue weighted by molar-refractivity contribution is 6.04. The Bertz CT molecular complexity index is 1030. The number of hydrogen-bond donors (Lipinski definition) is 1. The van der Waals surface area contributed by atoms with E-state index >= 15 is 0 Å². The fraction of sp³-hybridized carbons (Fsp3) is 0.190. The van der Waals surface area contributed by atoms with Crippen molar-refractivity contribution in [2.45, 2.75) is 20.8 Å². The van der Waals surface area contributed by atoms with Crippen LogP contribution in [0.2, 0.25) is 0 Å². The monoisotopic (exact) mass is 349 g/mol. The van der Waals surface area contributed by atoms with Crippen LogP contribution in [0.5, 0.6) is 0 Å². The summed E-state index contributed by atoms with van der Waals surface area (Å²) >= 11 is 0. The second-order valence-electron chi connectivity index (χ2n) is 6.24. The van der Waals surface area contributed by atoms with E-state index in [0.717, 1.165) is 10.8 Å². The van der Waals surface area contributed by atoms with Gasteiger partial charge in [0.2, 0.25) is 5.78 Å². The zero-order chi connectivity index (χ0) is 18.8.